The van der Waals surface area contributed by atoms with Crippen LogP contribution in [0.2, 0.25) is 0 Å². The standard InChI is InChI=1S/C12H20N4O2S/c1-4-15-11(18)9-8(13)7(10(14)17)12(19-9)16-5-6(2)3/h6,16H,4-5,13H2,1-3H3,(H2,14,17)(H,15,18). The highest BCUT2D eigenvalue weighted by Crippen LogP contribution is 2.35. The first-order chi connectivity index (χ1) is 8.88. The molecule has 1 aromatic rings. The number of nitrogen functional groups attached to an aromatic ring is 1. The molecule has 1 aromatic heterocycles. The van der Waals surface area contributed by atoms with E-state index in [0.29, 0.717) is 28.9 Å². The largest absolute Gasteiger partial charge is 0.397 e. The van der Waals surface area contributed by atoms with Crippen LogP contribution in [0.5, 0.6) is 0 Å². The van der Waals surface area contributed by atoms with E-state index < -0.39 is 5.91 Å². The molecule has 7 heteroatoms. The number of nitrogens with one attached hydrogen (secondary N) is 2. The van der Waals surface area contributed by atoms with Gasteiger partial charge in [0.1, 0.15) is 9.88 Å². The van der Waals surface area contributed by atoms with Gasteiger partial charge in [0.25, 0.3) is 11.8 Å². The van der Waals surface area contributed by atoms with Gasteiger partial charge in [-0.25, -0.2) is 0 Å². The van der Waals surface area contributed by atoms with Gasteiger partial charge in [0.05, 0.1) is 11.3 Å². The summed E-state index contributed by atoms with van der Waals surface area (Å²) in [6, 6.07) is 0. The Morgan fingerprint density at radius 3 is 2.47 bits per heavy atom. The summed E-state index contributed by atoms with van der Waals surface area (Å²) in [5.41, 5.74) is 11.5. The predicted molar refractivity (Wildman–Crippen MR) is 78.6 cm³/mol. The van der Waals surface area contributed by atoms with Crippen molar-refractivity contribution in [3.05, 3.63) is 10.4 Å². The lowest BCUT2D eigenvalue weighted by Crippen LogP contribution is -2.23. The van der Waals surface area contributed by atoms with Crippen LogP contribution in [0.1, 0.15) is 40.8 Å². The van der Waals surface area contributed by atoms with E-state index in [9.17, 15) is 9.59 Å². The Labute approximate surface area is 116 Å². The van der Waals surface area contributed by atoms with Gasteiger partial charge in [-0.3, -0.25) is 9.59 Å². The first-order valence-corrected chi connectivity index (χ1v) is 6.94. The number of anilines is 2. The lowest BCUT2D eigenvalue weighted by Gasteiger charge is -2.07. The molecule has 0 spiro atoms. The summed E-state index contributed by atoms with van der Waals surface area (Å²) in [5, 5.41) is 6.32. The average molecular weight is 284 g/mol. The van der Waals surface area contributed by atoms with Gasteiger partial charge in [0.15, 0.2) is 0 Å². The Kier molecular flexibility index (Phi) is 5.17. The normalized spacial score (nSPS) is 10.5. The smallest absolute Gasteiger partial charge is 0.263 e. The quantitative estimate of drug-likeness (QED) is 0.630. The van der Waals surface area contributed by atoms with Crippen LogP contribution < -0.4 is 22.1 Å². The molecule has 6 N–H and O–H groups in total. The number of nitrogens with two attached hydrogens (primary N) is 2. The average Bonchev–Trinajstić information content (AvgIpc) is 2.64. The van der Waals surface area contributed by atoms with Crippen LogP contribution >= 0.6 is 11.3 Å². The van der Waals surface area contributed by atoms with Crippen molar-refractivity contribution in [1.82, 2.24) is 5.32 Å². The molecule has 19 heavy (non-hydrogen) atoms. The number of hydrogen-bond acceptors (Lipinski definition) is 5. The van der Waals surface area contributed by atoms with Crippen LogP contribution in [0, 0.1) is 5.92 Å². The molecule has 0 bridgehead atoms. The van der Waals surface area contributed by atoms with Gasteiger partial charge in [-0.05, 0) is 12.8 Å². The number of amides is 2. The van der Waals surface area contributed by atoms with Crippen LogP contribution in [0.4, 0.5) is 10.7 Å². The van der Waals surface area contributed by atoms with E-state index in [1.54, 1.807) is 0 Å². The second-order valence-electron chi connectivity index (χ2n) is 4.55. The lowest BCUT2D eigenvalue weighted by atomic mass is 10.2. The minimum atomic E-state index is -0.629. The molecular weight excluding hydrogens is 264 g/mol. The molecule has 0 aliphatic rings. The highest BCUT2D eigenvalue weighted by molar-refractivity contribution is 7.19. The fourth-order valence-electron chi connectivity index (χ4n) is 1.52. The van der Waals surface area contributed by atoms with Crippen molar-refractivity contribution in [2.24, 2.45) is 11.7 Å². The first-order valence-electron chi connectivity index (χ1n) is 6.12. The van der Waals surface area contributed by atoms with Crippen LogP contribution in [0.15, 0.2) is 0 Å². The van der Waals surface area contributed by atoms with Gasteiger partial charge in [-0.2, -0.15) is 0 Å². The van der Waals surface area contributed by atoms with Crippen molar-refractivity contribution in [2.75, 3.05) is 24.1 Å². The zero-order chi connectivity index (χ0) is 14.6. The van der Waals surface area contributed by atoms with Crippen molar-refractivity contribution >= 4 is 33.8 Å². The van der Waals surface area contributed by atoms with Crippen LogP contribution in [-0.4, -0.2) is 24.9 Å². The molecule has 0 unspecified atom stereocenters. The van der Waals surface area contributed by atoms with Crippen LogP contribution in [-0.2, 0) is 0 Å². The Bertz CT molecular complexity index is 482. The van der Waals surface area contributed by atoms with Gasteiger partial charge in [0, 0.05) is 13.1 Å². The number of hydrogen-bond donors (Lipinski definition) is 4. The third-order valence-corrected chi connectivity index (χ3v) is 3.57. The number of thiophene rings is 1. The number of primary amides is 1. The van der Waals surface area contributed by atoms with Gasteiger partial charge >= 0.3 is 0 Å². The molecule has 1 heterocycles. The topological polar surface area (TPSA) is 110 Å². The molecule has 6 nitrogen and oxygen atoms in total. The molecule has 0 atom stereocenters. The monoisotopic (exact) mass is 284 g/mol. The maximum absolute atomic E-state index is 11.8. The van der Waals surface area contributed by atoms with Gasteiger partial charge in [-0.1, -0.05) is 13.8 Å². The molecule has 106 valence electrons. The number of carbonyl (C=O) groups is 2. The minimum absolute atomic E-state index is 0.148. The molecule has 0 fully saturated rings. The lowest BCUT2D eigenvalue weighted by molar-refractivity contribution is 0.0960. The highest BCUT2D eigenvalue weighted by atomic mass is 32.1. The van der Waals surface area contributed by atoms with E-state index in [-0.39, 0.29) is 17.2 Å². The van der Waals surface area contributed by atoms with Crippen molar-refractivity contribution in [1.29, 1.82) is 0 Å². The molecule has 1 rings (SSSR count). The third kappa shape index (κ3) is 3.60. The predicted octanol–water partition coefficient (Wildman–Crippen LogP) is 1.25. The minimum Gasteiger partial charge on any atom is -0.397 e. The molecular formula is C12H20N4O2S. The summed E-state index contributed by atoms with van der Waals surface area (Å²) < 4.78 is 0. The number of rotatable bonds is 6. The van der Waals surface area contributed by atoms with E-state index in [0.717, 1.165) is 11.3 Å². The summed E-state index contributed by atoms with van der Waals surface area (Å²) in [7, 11) is 0. The second kappa shape index (κ2) is 6.42. The van der Waals surface area contributed by atoms with E-state index in [1.807, 2.05) is 20.8 Å². The molecule has 0 saturated heterocycles. The fraction of sp³-hybridized carbons (Fsp3) is 0.500. The Hall–Kier alpha value is -1.76. The first kappa shape index (κ1) is 15.3. The SMILES string of the molecule is CCNC(=O)c1sc(NCC(C)C)c(C(N)=O)c1N. The van der Waals surface area contributed by atoms with E-state index in [4.69, 9.17) is 11.5 Å². The summed E-state index contributed by atoms with van der Waals surface area (Å²) in [6.07, 6.45) is 0. The second-order valence-corrected chi connectivity index (χ2v) is 5.57. The maximum atomic E-state index is 11.8. The van der Waals surface area contributed by atoms with Crippen LogP contribution in [0.25, 0.3) is 0 Å². The third-order valence-electron chi connectivity index (χ3n) is 2.41. The Balaban J connectivity index is 3.12. The Morgan fingerprint density at radius 1 is 1.37 bits per heavy atom. The molecule has 0 aromatic carbocycles. The van der Waals surface area contributed by atoms with E-state index >= 15 is 0 Å². The van der Waals surface area contributed by atoms with Crippen molar-refractivity contribution in [3.63, 3.8) is 0 Å². The fourth-order valence-corrected chi connectivity index (χ4v) is 2.57. The maximum Gasteiger partial charge on any atom is 0.263 e. The van der Waals surface area contributed by atoms with E-state index in [1.165, 1.54) is 0 Å². The Morgan fingerprint density at radius 2 is 2.00 bits per heavy atom. The van der Waals surface area contributed by atoms with Crippen molar-refractivity contribution in [2.45, 2.75) is 20.8 Å². The van der Waals surface area contributed by atoms with Crippen molar-refractivity contribution < 1.29 is 9.59 Å². The molecule has 2 amide bonds. The summed E-state index contributed by atoms with van der Waals surface area (Å²) in [5.74, 6) is -0.516. The highest BCUT2D eigenvalue weighted by Gasteiger charge is 2.23. The van der Waals surface area contributed by atoms with Gasteiger partial charge in [0.2, 0.25) is 0 Å². The van der Waals surface area contributed by atoms with Gasteiger partial charge < -0.3 is 22.1 Å². The zero-order valence-electron chi connectivity index (χ0n) is 11.4. The van der Waals surface area contributed by atoms with Crippen LogP contribution in [0.3, 0.4) is 0 Å². The molecule has 0 saturated carbocycles. The molecule has 0 aliphatic heterocycles. The summed E-state index contributed by atoms with van der Waals surface area (Å²) in [4.78, 5) is 23.6. The molecule has 0 radical (unpaired) electrons. The van der Waals surface area contributed by atoms with Gasteiger partial charge in [-0.15, -0.1) is 11.3 Å². The van der Waals surface area contributed by atoms with Crippen molar-refractivity contribution in [3.8, 4) is 0 Å². The summed E-state index contributed by atoms with van der Waals surface area (Å²) in [6.45, 7) is 7.07. The molecule has 0 aliphatic carbocycles. The van der Waals surface area contributed by atoms with E-state index in [2.05, 4.69) is 10.6 Å². The summed E-state index contributed by atoms with van der Waals surface area (Å²) >= 11 is 1.16. The number of carbonyl (C=O) groups excluding carboxylic acids is 2. The zero-order valence-corrected chi connectivity index (χ0v) is 12.2.